The van der Waals surface area contributed by atoms with Crippen LogP contribution in [0.2, 0.25) is 0 Å². The van der Waals surface area contributed by atoms with E-state index in [0.29, 0.717) is 11.8 Å². The normalized spacial score (nSPS) is 9.23. The maximum absolute atomic E-state index is 10.9. The largest absolute Gasteiger partial charge is 0.475 e. The Hall–Kier alpha value is -1.97. The quantitative estimate of drug-likeness (QED) is 0.421. The Labute approximate surface area is 73.8 Å². The molecule has 4 nitrogen and oxygen atoms in total. The van der Waals surface area contributed by atoms with Crippen molar-refractivity contribution < 1.29 is 19.5 Å². The number of ketones is 1. The van der Waals surface area contributed by atoms with Crippen molar-refractivity contribution in [2.75, 3.05) is 0 Å². The molecule has 66 valence electrons. The van der Waals surface area contributed by atoms with Gasteiger partial charge in [-0.1, -0.05) is 24.3 Å². The fourth-order valence-corrected chi connectivity index (χ4v) is 0.837. The Kier molecular flexibility index (Phi) is 2.54. The van der Waals surface area contributed by atoms with Gasteiger partial charge >= 0.3 is 5.97 Å². The van der Waals surface area contributed by atoms with E-state index in [-0.39, 0.29) is 5.56 Å². The molecule has 0 aromatic heterocycles. The lowest BCUT2D eigenvalue weighted by atomic mass is 10.1. The van der Waals surface area contributed by atoms with E-state index in [1.807, 2.05) is 0 Å². The van der Waals surface area contributed by atoms with Crippen LogP contribution in [0.15, 0.2) is 24.3 Å². The molecular weight excluding hydrogens is 172 g/mol. The van der Waals surface area contributed by atoms with Crippen LogP contribution in [0.25, 0.3) is 0 Å². The monoisotopic (exact) mass is 178 g/mol. The lowest BCUT2D eigenvalue weighted by Crippen LogP contribution is -2.12. The molecule has 1 rings (SSSR count). The minimum Gasteiger partial charge on any atom is -0.475 e. The number of aliphatic carboxylic acids is 1. The summed E-state index contributed by atoms with van der Waals surface area (Å²) in [5.74, 6) is -2.48. The van der Waals surface area contributed by atoms with Gasteiger partial charge in [-0.25, -0.2) is 4.79 Å². The number of carboxylic acids is 1. The number of benzene rings is 1. The average Bonchev–Trinajstić information content (AvgIpc) is 2.17. The topological polar surface area (TPSA) is 71.4 Å². The highest BCUT2D eigenvalue weighted by Gasteiger charge is 2.13. The van der Waals surface area contributed by atoms with Crippen LogP contribution in [-0.2, 0) is 4.79 Å². The van der Waals surface area contributed by atoms with Crippen LogP contribution in [-0.4, -0.2) is 23.1 Å². The van der Waals surface area contributed by atoms with E-state index in [1.54, 1.807) is 0 Å². The first-order valence-corrected chi connectivity index (χ1v) is 3.48. The average molecular weight is 178 g/mol. The zero-order chi connectivity index (χ0) is 9.84. The van der Waals surface area contributed by atoms with Gasteiger partial charge in [-0.3, -0.25) is 9.59 Å². The lowest BCUT2D eigenvalue weighted by Gasteiger charge is -1.94. The lowest BCUT2D eigenvalue weighted by molar-refractivity contribution is -0.131. The van der Waals surface area contributed by atoms with Crippen molar-refractivity contribution in [3.05, 3.63) is 35.4 Å². The predicted octanol–water partition coefficient (Wildman–Crippen LogP) is 0.766. The van der Waals surface area contributed by atoms with Gasteiger partial charge in [0, 0.05) is 11.1 Å². The Bertz CT molecular complexity index is 350. The molecule has 0 spiro atoms. The van der Waals surface area contributed by atoms with Crippen molar-refractivity contribution in [2.45, 2.75) is 0 Å². The third-order valence-corrected chi connectivity index (χ3v) is 1.50. The third-order valence-electron chi connectivity index (χ3n) is 1.50. The first kappa shape index (κ1) is 9.12. The van der Waals surface area contributed by atoms with Gasteiger partial charge in [-0.15, -0.1) is 0 Å². The van der Waals surface area contributed by atoms with E-state index in [9.17, 15) is 14.4 Å². The predicted molar refractivity (Wildman–Crippen MR) is 43.8 cm³/mol. The Morgan fingerprint density at radius 3 is 2.08 bits per heavy atom. The summed E-state index contributed by atoms with van der Waals surface area (Å²) < 4.78 is 0. The van der Waals surface area contributed by atoms with Crippen molar-refractivity contribution >= 4 is 18.0 Å². The molecule has 13 heavy (non-hydrogen) atoms. The van der Waals surface area contributed by atoms with Crippen LogP contribution < -0.4 is 0 Å². The number of rotatable bonds is 3. The second kappa shape index (κ2) is 3.62. The second-order valence-electron chi connectivity index (χ2n) is 2.37. The molecule has 0 bridgehead atoms. The minimum absolute atomic E-state index is 0.0677. The van der Waals surface area contributed by atoms with E-state index in [2.05, 4.69) is 0 Å². The molecule has 0 fully saturated rings. The van der Waals surface area contributed by atoms with Crippen LogP contribution in [0, 0.1) is 0 Å². The molecule has 0 aliphatic rings. The summed E-state index contributed by atoms with van der Waals surface area (Å²) in [6.07, 6.45) is 0.620. The fourth-order valence-electron chi connectivity index (χ4n) is 0.837. The molecule has 0 unspecified atom stereocenters. The standard InChI is InChI=1S/C9H6O4/c10-5-6-1-3-7(4-2-6)8(11)9(12)13/h1-5H,(H,12,13). The number of Topliss-reactive ketones (excluding diaryl/α,β-unsaturated/α-hetero) is 1. The number of aldehydes is 1. The van der Waals surface area contributed by atoms with E-state index in [1.165, 1.54) is 24.3 Å². The maximum Gasteiger partial charge on any atom is 0.377 e. The van der Waals surface area contributed by atoms with Crippen molar-refractivity contribution in [2.24, 2.45) is 0 Å². The van der Waals surface area contributed by atoms with Crippen LogP contribution in [0.1, 0.15) is 20.7 Å². The molecule has 0 saturated heterocycles. The summed E-state index contributed by atoms with van der Waals surface area (Å²) in [6.45, 7) is 0. The van der Waals surface area contributed by atoms with Crippen molar-refractivity contribution in [3.8, 4) is 0 Å². The highest BCUT2D eigenvalue weighted by atomic mass is 16.4. The van der Waals surface area contributed by atoms with Crippen molar-refractivity contribution in [1.82, 2.24) is 0 Å². The molecule has 0 aliphatic heterocycles. The Morgan fingerprint density at radius 2 is 1.69 bits per heavy atom. The Balaban J connectivity index is 2.98. The van der Waals surface area contributed by atoms with Crippen LogP contribution >= 0.6 is 0 Å². The van der Waals surface area contributed by atoms with E-state index >= 15 is 0 Å². The summed E-state index contributed by atoms with van der Waals surface area (Å²) >= 11 is 0. The molecule has 0 radical (unpaired) electrons. The van der Waals surface area contributed by atoms with E-state index in [4.69, 9.17) is 5.11 Å². The molecule has 0 atom stereocenters. The first-order valence-electron chi connectivity index (χ1n) is 3.48. The number of carboxylic acid groups (broad SMARTS) is 1. The zero-order valence-electron chi connectivity index (χ0n) is 6.56. The summed E-state index contributed by atoms with van der Waals surface area (Å²) in [7, 11) is 0. The van der Waals surface area contributed by atoms with Gasteiger partial charge in [0.1, 0.15) is 6.29 Å². The second-order valence-corrected chi connectivity index (χ2v) is 2.37. The van der Waals surface area contributed by atoms with Crippen LogP contribution in [0.3, 0.4) is 0 Å². The number of hydrogen-bond donors (Lipinski definition) is 1. The summed E-state index contributed by atoms with van der Waals surface area (Å²) in [5, 5.41) is 8.34. The maximum atomic E-state index is 10.9. The molecule has 1 N–H and O–H groups in total. The molecule has 1 aromatic rings. The molecule has 1 aromatic carbocycles. The summed E-state index contributed by atoms with van der Waals surface area (Å²) in [6, 6.07) is 5.40. The molecular formula is C9H6O4. The smallest absolute Gasteiger partial charge is 0.377 e. The molecule has 0 amide bonds. The van der Waals surface area contributed by atoms with Gasteiger partial charge in [-0.05, 0) is 0 Å². The number of carbonyl (C=O) groups excluding carboxylic acids is 2. The Morgan fingerprint density at radius 1 is 1.15 bits per heavy atom. The number of carbonyl (C=O) groups is 3. The first-order chi connectivity index (χ1) is 6.15. The minimum atomic E-state index is -1.50. The highest BCUT2D eigenvalue weighted by Crippen LogP contribution is 2.03. The molecule has 4 heteroatoms. The van der Waals surface area contributed by atoms with E-state index in [0.717, 1.165) is 0 Å². The van der Waals surface area contributed by atoms with E-state index < -0.39 is 11.8 Å². The highest BCUT2D eigenvalue weighted by molar-refractivity contribution is 6.39. The summed E-state index contributed by atoms with van der Waals surface area (Å²) in [5.41, 5.74) is 0.472. The molecule has 0 saturated carbocycles. The molecule has 0 aliphatic carbocycles. The SMILES string of the molecule is O=Cc1ccc(C(=O)C(=O)O)cc1. The molecule has 0 heterocycles. The van der Waals surface area contributed by atoms with Gasteiger partial charge in [-0.2, -0.15) is 0 Å². The van der Waals surface area contributed by atoms with Gasteiger partial charge in [0.2, 0.25) is 0 Å². The van der Waals surface area contributed by atoms with Gasteiger partial charge in [0.25, 0.3) is 5.78 Å². The van der Waals surface area contributed by atoms with Crippen LogP contribution in [0.5, 0.6) is 0 Å². The van der Waals surface area contributed by atoms with Gasteiger partial charge in [0.05, 0.1) is 0 Å². The fraction of sp³-hybridized carbons (Fsp3) is 0. The van der Waals surface area contributed by atoms with Crippen LogP contribution in [0.4, 0.5) is 0 Å². The van der Waals surface area contributed by atoms with Crippen molar-refractivity contribution in [1.29, 1.82) is 0 Å². The summed E-state index contributed by atoms with van der Waals surface area (Å²) in [4.78, 5) is 31.3. The zero-order valence-corrected chi connectivity index (χ0v) is 6.56. The van der Waals surface area contributed by atoms with Crippen molar-refractivity contribution in [3.63, 3.8) is 0 Å². The third kappa shape index (κ3) is 1.99. The van der Waals surface area contributed by atoms with Gasteiger partial charge < -0.3 is 5.11 Å². The number of hydrogen-bond acceptors (Lipinski definition) is 3. The van der Waals surface area contributed by atoms with Gasteiger partial charge in [0.15, 0.2) is 0 Å².